The normalized spacial score (nSPS) is 16.0. The third kappa shape index (κ3) is 2.98. The fourth-order valence-corrected chi connectivity index (χ4v) is 4.69. The molecule has 1 aliphatic heterocycles. The number of benzene rings is 2. The molecule has 0 aliphatic carbocycles. The van der Waals surface area contributed by atoms with Crippen molar-refractivity contribution in [3.63, 3.8) is 0 Å². The first kappa shape index (κ1) is 20.3. The van der Waals surface area contributed by atoms with Gasteiger partial charge >= 0.3 is 0 Å². The summed E-state index contributed by atoms with van der Waals surface area (Å²) < 4.78 is 13.4. The smallest absolute Gasteiger partial charge is 0.265 e. The Hall–Kier alpha value is -3.65. The Morgan fingerprint density at radius 2 is 1.81 bits per heavy atom. The van der Waals surface area contributed by atoms with E-state index >= 15 is 0 Å². The van der Waals surface area contributed by atoms with Crippen LogP contribution < -0.4 is 16.2 Å². The Kier molecular flexibility index (Phi) is 4.74. The number of fused-ring (bicyclic) bond motifs is 2. The minimum absolute atomic E-state index is 0.0120. The van der Waals surface area contributed by atoms with Crippen LogP contribution in [0.25, 0.3) is 22.0 Å². The van der Waals surface area contributed by atoms with E-state index in [9.17, 15) is 9.59 Å². The number of anilines is 1. The molecule has 8 heteroatoms. The highest BCUT2D eigenvalue weighted by molar-refractivity contribution is 6.07. The van der Waals surface area contributed by atoms with E-state index in [4.69, 9.17) is 14.9 Å². The zero-order chi connectivity index (χ0) is 22.5. The molecule has 0 bridgehead atoms. The predicted octanol–water partition coefficient (Wildman–Crippen LogP) is 2.92. The van der Waals surface area contributed by atoms with Crippen molar-refractivity contribution in [1.29, 1.82) is 0 Å². The predicted molar refractivity (Wildman–Crippen MR) is 122 cm³/mol. The number of para-hydroxylation sites is 3. The second-order valence-electron chi connectivity index (χ2n) is 8.14. The third-order valence-electron chi connectivity index (χ3n) is 6.48. The van der Waals surface area contributed by atoms with Gasteiger partial charge in [0, 0.05) is 45.5 Å². The molecule has 5 rings (SSSR count). The maximum Gasteiger partial charge on any atom is 0.265 e. The molecule has 1 aliphatic rings. The summed E-state index contributed by atoms with van der Waals surface area (Å²) in [5.41, 5.74) is 7.44. The monoisotopic (exact) mass is 432 g/mol. The summed E-state index contributed by atoms with van der Waals surface area (Å²) in [6, 6.07) is 15.2. The molecule has 3 heterocycles. The molecule has 2 aromatic heterocycles. The average Bonchev–Trinajstić information content (AvgIpc) is 3.26. The molecule has 164 valence electrons. The Balaban J connectivity index is 1.56. The van der Waals surface area contributed by atoms with Crippen molar-refractivity contribution in [2.75, 3.05) is 25.1 Å². The van der Waals surface area contributed by atoms with E-state index in [0.29, 0.717) is 37.5 Å². The van der Waals surface area contributed by atoms with E-state index in [1.807, 2.05) is 53.4 Å². The lowest BCUT2D eigenvalue weighted by atomic mass is 9.90. The Bertz CT molecular complexity index is 1360. The number of rotatable bonds is 4. The van der Waals surface area contributed by atoms with E-state index in [0.717, 1.165) is 22.0 Å². The molecule has 32 heavy (non-hydrogen) atoms. The molecule has 2 N–H and O–H groups in total. The minimum Gasteiger partial charge on any atom is -0.438 e. The number of aromatic nitrogens is 2. The second kappa shape index (κ2) is 7.49. The fraction of sp³-hybridized carbons (Fsp3) is 0.292. The van der Waals surface area contributed by atoms with Crippen LogP contribution >= 0.6 is 0 Å². The van der Waals surface area contributed by atoms with Crippen molar-refractivity contribution in [3.05, 3.63) is 70.3 Å². The number of nitrogens with zero attached hydrogens (tertiary/aromatic N) is 3. The van der Waals surface area contributed by atoms with Gasteiger partial charge in [-0.2, -0.15) is 0 Å². The number of hydrogen-bond donors (Lipinski definition) is 1. The second-order valence-corrected chi connectivity index (χ2v) is 8.14. The Morgan fingerprint density at radius 3 is 2.50 bits per heavy atom. The quantitative estimate of drug-likeness (QED) is 0.532. The van der Waals surface area contributed by atoms with Crippen LogP contribution in [-0.4, -0.2) is 35.7 Å². The van der Waals surface area contributed by atoms with Crippen molar-refractivity contribution < 1.29 is 13.9 Å². The molecule has 0 atom stereocenters. The van der Waals surface area contributed by atoms with E-state index < -0.39 is 17.1 Å². The molecule has 2 aromatic carbocycles. The lowest BCUT2D eigenvalue weighted by Gasteiger charge is -2.40. The molecule has 1 amide bonds. The molecular formula is C24H24N4O4. The summed E-state index contributed by atoms with van der Waals surface area (Å²) in [7, 11) is 3.31. The van der Waals surface area contributed by atoms with Gasteiger partial charge < -0.3 is 24.4 Å². The van der Waals surface area contributed by atoms with Crippen molar-refractivity contribution >= 4 is 33.6 Å². The summed E-state index contributed by atoms with van der Waals surface area (Å²) in [6.45, 7) is 1.09. The van der Waals surface area contributed by atoms with Gasteiger partial charge in [-0.3, -0.25) is 9.59 Å². The van der Waals surface area contributed by atoms with Gasteiger partial charge in [-0.25, -0.2) is 4.98 Å². The topological polar surface area (TPSA) is 104 Å². The molecule has 4 aromatic rings. The van der Waals surface area contributed by atoms with E-state index in [1.165, 1.54) is 4.57 Å². The number of ether oxygens (including phenoxy) is 1. The number of aryl methyl sites for hydroxylation is 1. The first-order valence-corrected chi connectivity index (χ1v) is 10.5. The van der Waals surface area contributed by atoms with Gasteiger partial charge in [-0.05, 0) is 18.2 Å². The van der Waals surface area contributed by atoms with Crippen LogP contribution in [0.1, 0.15) is 29.1 Å². The number of pyridine rings is 1. The van der Waals surface area contributed by atoms with Crippen molar-refractivity contribution in [2.45, 2.75) is 18.4 Å². The maximum atomic E-state index is 13.0. The van der Waals surface area contributed by atoms with Gasteiger partial charge in [-0.15, -0.1) is 0 Å². The summed E-state index contributed by atoms with van der Waals surface area (Å²) in [6.07, 6.45) is 1.16. The van der Waals surface area contributed by atoms with Crippen LogP contribution in [-0.2, 0) is 17.4 Å². The number of carbonyl (C=O) groups excluding carboxylic acids is 1. The summed E-state index contributed by atoms with van der Waals surface area (Å²) in [5, 5.41) is 0.815. The van der Waals surface area contributed by atoms with Crippen LogP contribution in [0.3, 0.4) is 0 Å². The molecule has 0 radical (unpaired) electrons. The van der Waals surface area contributed by atoms with Crippen LogP contribution in [0.4, 0.5) is 5.69 Å². The molecule has 0 unspecified atom stereocenters. The number of hydrogen-bond acceptors (Lipinski definition) is 6. The van der Waals surface area contributed by atoms with Crippen LogP contribution in [0.5, 0.6) is 0 Å². The number of nitrogens with two attached hydrogens (primary N) is 1. The first-order chi connectivity index (χ1) is 15.4. The lowest BCUT2D eigenvalue weighted by Crippen LogP contribution is -2.45. The molecule has 8 nitrogen and oxygen atoms in total. The molecule has 1 fully saturated rings. The number of carbonyl (C=O) groups is 1. The molecular weight excluding hydrogens is 408 g/mol. The van der Waals surface area contributed by atoms with Gasteiger partial charge in [-0.1, -0.05) is 30.3 Å². The van der Waals surface area contributed by atoms with Gasteiger partial charge in [0.2, 0.25) is 5.89 Å². The van der Waals surface area contributed by atoms with E-state index in [1.54, 1.807) is 14.2 Å². The van der Waals surface area contributed by atoms with E-state index in [2.05, 4.69) is 4.98 Å². The number of methoxy groups -OCH3 is 1. The van der Waals surface area contributed by atoms with Crippen molar-refractivity contribution in [2.24, 2.45) is 12.8 Å². The fourth-order valence-electron chi connectivity index (χ4n) is 4.69. The average molecular weight is 432 g/mol. The summed E-state index contributed by atoms with van der Waals surface area (Å²) in [5.74, 6) is -0.182. The highest BCUT2D eigenvalue weighted by Gasteiger charge is 2.42. The van der Waals surface area contributed by atoms with Crippen molar-refractivity contribution in [3.8, 4) is 0 Å². The Morgan fingerprint density at radius 1 is 1.12 bits per heavy atom. The molecule has 0 saturated carbocycles. The zero-order valence-electron chi connectivity index (χ0n) is 18.0. The highest BCUT2D eigenvalue weighted by Crippen LogP contribution is 2.40. The zero-order valence-corrected chi connectivity index (χ0v) is 18.0. The maximum absolute atomic E-state index is 13.0. The SMILES string of the molecule is COC1(c2nc3ccccc3o2)CCN(c2c(C(N)=O)c(=O)n(C)c3ccccc23)CC1. The minimum atomic E-state index is -0.728. The summed E-state index contributed by atoms with van der Waals surface area (Å²) >= 11 is 0. The number of piperidine rings is 1. The largest absolute Gasteiger partial charge is 0.438 e. The lowest BCUT2D eigenvalue weighted by molar-refractivity contribution is -0.0539. The standard InChI is InChI=1S/C24H24N4O4/c1-27-17-9-5-3-7-15(17)20(19(21(25)29)22(27)30)28-13-11-24(31-2,12-14-28)23-26-16-8-4-6-10-18(16)32-23/h3-10H,11-14H2,1-2H3,(H2,25,29). The van der Waals surface area contributed by atoms with Crippen LogP contribution in [0.15, 0.2) is 57.7 Å². The molecule has 1 saturated heterocycles. The van der Waals surface area contributed by atoms with Gasteiger partial charge in [0.25, 0.3) is 11.5 Å². The van der Waals surface area contributed by atoms with Crippen LogP contribution in [0.2, 0.25) is 0 Å². The van der Waals surface area contributed by atoms with Gasteiger partial charge in [0.05, 0.1) is 11.2 Å². The summed E-state index contributed by atoms with van der Waals surface area (Å²) in [4.78, 5) is 32.0. The number of primary amides is 1. The first-order valence-electron chi connectivity index (χ1n) is 10.5. The highest BCUT2D eigenvalue weighted by atomic mass is 16.5. The molecule has 0 spiro atoms. The number of amides is 1. The van der Waals surface area contributed by atoms with Crippen molar-refractivity contribution in [1.82, 2.24) is 9.55 Å². The number of oxazole rings is 1. The van der Waals surface area contributed by atoms with Gasteiger partial charge in [0.1, 0.15) is 16.7 Å². The van der Waals surface area contributed by atoms with Gasteiger partial charge in [0.15, 0.2) is 5.58 Å². The van der Waals surface area contributed by atoms with Crippen LogP contribution in [0, 0.1) is 0 Å². The van der Waals surface area contributed by atoms with E-state index in [-0.39, 0.29) is 5.56 Å². The third-order valence-corrected chi connectivity index (χ3v) is 6.48. The Labute approximate surface area is 184 Å².